The van der Waals surface area contributed by atoms with E-state index in [0.717, 1.165) is 17.7 Å². The molecule has 2 aromatic carbocycles. The molecule has 0 spiro atoms. The lowest BCUT2D eigenvalue weighted by atomic mass is 9.82. The van der Waals surface area contributed by atoms with Crippen molar-refractivity contribution in [3.8, 4) is 0 Å². The van der Waals surface area contributed by atoms with Gasteiger partial charge in [0.05, 0.1) is 11.8 Å². The number of allylic oxidation sites excluding steroid dienone is 1. The van der Waals surface area contributed by atoms with Crippen LogP contribution in [0.2, 0.25) is 0 Å². The molecule has 0 aliphatic carbocycles. The van der Waals surface area contributed by atoms with Crippen molar-refractivity contribution < 1.29 is 22.6 Å². The van der Waals surface area contributed by atoms with E-state index >= 15 is 0 Å². The number of rotatable bonds is 8. The van der Waals surface area contributed by atoms with Gasteiger partial charge in [-0.3, -0.25) is 9.35 Å². The molecule has 0 fully saturated rings. The molecular formula is C25H32N2O5S. The van der Waals surface area contributed by atoms with Crippen molar-refractivity contribution in [2.45, 2.75) is 51.5 Å². The van der Waals surface area contributed by atoms with Crippen molar-refractivity contribution in [2.24, 2.45) is 0 Å². The Morgan fingerprint density at radius 3 is 2.27 bits per heavy atom. The van der Waals surface area contributed by atoms with Gasteiger partial charge in [0, 0.05) is 18.0 Å². The molecule has 0 bridgehead atoms. The van der Waals surface area contributed by atoms with Gasteiger partial charge < -0.3 is 10.2 Å². The Kier molecular flexibility index (Phi) is 7.62. The average molecular weight is 473 g/mol. The molecule has 3 rings (SSSR count). The molecule has 3 N–H and O–H groups in total. The maximum Gasteiger partial charge on any atom is 0.266 e. The molecule has 2 aromatic rings. The van der Waals surface area contributed by atoms with Gasteiger partial charge in [-0.05, 0) is 53.7 Å². The molecule has 2 atom stereocenters. The Morgan fingerprint density at radius 2 is 1.76 bits per heavy atom. The zero-order valence-electron chi connectivity index (χ0n) is 19.5. The van der Waals surface area contributed by atoms with Crippen LogP contribution in [0.1, 0.15) is 60.7 Å². The third-order valence-electron chi connectivity index (χ3n) is 5.73. The number of nitrogens with one attached hydrogen (secondary N) is 2. The molecule has 0 saturated carbocycles. The molecule has 0 saturated heterocycles. The molecule has 2 unspecified atom stereocenters. The van der Waals surface area contributed by atoms with Crippen LogP contribution in [0.5, 0.6) is 0 Å². The van der Waals surface area contributed by atoms with E-state index in [-0.39, 0.29) is 29.8 Å². The van der Waals surface area contributed by atoms with Gasteiger partial charge >= 0.3 is 0 Å². The quantitative estimate of drug-likeness (QED) is 0.506. The summed E-state index contributed by atoms with van der Waals surface area (Å²) in [5.74, 6) is 0.0682. The van der Waals surface area contributed by atoms with E-state index in [4.69, 9.17) is 9.39 Å². The van der Waals surface area contributed by atoms with Gasteiger partial charge in [-0.2, -0.15) is 8.42 Å². The SMILES string of the molecule is CC1=CC(C(Cc2ccc(C(=O)NCCS(=O)(=O)O)cc2)c2ccc(C(C)(C)C)cc2)NO1. The highest BCUT2D eigenvalue weighted by Crippen LogP contribution is 2.31. The number of benzene rings is 2. The van der Waals surface area contributed by atoms with Crippen LogP contribution in [0.15, 0.2) is 60.4 Å². The zero-order chi connectivity index (χ0) is 24.2. The summed E-state index contributed by atoms with van der Waals surface area (Å²) in [6.07, 6.45) is 2.82. The van der Waals surface area contributed by atoms with E-state index < -0.39 is 15.9 Å². The molecule has 1 amide bonds. The Morgan fingerprint density at radius 1 is 1.12 bits per heavy atom. The first-order valence-corrected chi connectivity index (χ1v) is 12.6. The molecule has 8 heteroatoms. The highest BCUT2D eigenvalue weighted by Gasteiger charge is 2.27. The van der Waals surface area contributed by atoms with Gasteiger partial charge in [-0.1, -0.05) is 57.2 Å². The monoisotopic (exact) mass is 472 g/mol. The molecule has 1 aliphatic heterocycles. The van der Waals surface area contributed by atoms with E-state index in [1.54, 1.807) is 12.1 Å². The van der Waals surface area contributed by atoms with Crippen molar-refractivity contribution in [1.29, 1.82) is 0 Å². The topological polar surface area (TPSA) is 105 Å². The summed E-state index contributed by atoms with van der Waals surface area (Å²) in [7, 11) is -4.11. The second-order valence-electron chi connectivity index (χ2n) is 9.44. The van der Waals surface area contributed by atoms with Crippen LogP contribution in [0.3, 0.4) is 0 Å². The maximum absolute atomic E-state index is 12.2. The molecule has 0 radical (unpaired) electrons. The molecule has 7 nitrogen and oxygen atoms in total. The van der Waals surface area contributed by atoms with E-state index in [2.05, 4.69) is 61.9 Å². The first kappa shape index (κ1) is 25.0. The maximum atomic E-state index is 12.2. The number of carbonyl (C=O) groups excluding carboxylic acids is 1. The number of hydroxylamine groups is 1. The van der Waals surface area contributed by atoms with Crippen molar-refractivity contribution in [1.82, 2.24) is 10.8 Å². The lowest BCUT2D eigenvalue weighted by Gasteiger charge is -2.24. The Balaban J connectivity index is 1.74. The van der Waals surface area contributed by atoms with Crippen LogP contribution < -0.4 is 10.8 Å². The molecular weight excluding hydrogens is 440 g/mol. The fraction of sp³-hybridized carbons (Fsp3) is 0.400. The van der Waals surface area contributed by atoms with Crippen molar-refractivity contribution in [2.75, 3.05) is 12.3 Å². The number of hydrogen-bond acceptors (Lipinski definition) is 5. The highest BCUT2D eigenvalue weighted by molar-refractivity contribution is 7.85. The van der Waals surface area contributed by atoms with E-state index in [9.17, 15) is 13.2 Å². The van der Waals surface area contributed by atoms with Gasteiger partial charge in [0.15, 0.2) is 0 Å². The summed E-state index contributed by atoms with van der Waals surface area (Å²) in [6.45, 7) is 8.35. The smallest absolute Gasteiger partial charge is 0.266 e. The van der Waals surface area contributed by atoms with Gasteiger partial charge in [0.2, 0.25) is 0 Å². The summed E-state index contributed by atoms with van der Waals surface area (Å²) < 4.78 is 30.4. The van der Waals surface area contributed by atoms with Crippen LogP contribution >= 0.6 is 0 Å². The van der Waals surface area contributed by atoms with E-state index in [1.165, 1.54) is 11.1 Å². The normalized spacial score (nSPS) is 17.2. The second-order valence-corrected chi connectivity index (χ2v) is 11.0. The fourth-order valence-electron chi connectivity index (χ4n) is 3.80. The highest BCUT2D eigenvalue weighted by atomic mass is 32.2. The van der Waals surface area contributed by atoms with Gasteiger partial charge in [0.1, 0.15) is 5.76 Å². The minimum absolute atomic E-state index is 0.0221. The van der Waals surface area contributed by atoms with Gasteiger partial charge in [-0.15, -0.1) is 5.48 Å². The van der Waals surface area contributed by atoms with Crippen LogP contribution in [-0.2, 0) is 26.8 Å². The minimum Gasteiger partial charge on any atom is -0.413 e. The first-order chi connectivity index (χ1) is 15.4. The van der Waals surface area contributed by atoms with Gasteiger partial charge in [-0.25, -0.2) is 0 Å². The van der Waals surface area contributed by atoms with Crippen molar-refractivity contribution in [3.63, 3.8) is 0 Å². The second kappa shape index (κ2) is 10.1. The largest absolute Gasteiger partial charge is 0.413 e. The summed E-state index contributed by atoms with van der Waals surface area (Å²) in [6, 6.07) is 16.0. The fourth-order valence-corrected chi connectivity index (χ4v) is 4.16. The molecule has 0 aromatic heterocycles. The summed E-state index contributed by atoms with van der Waals surface area (Å²) in [5.41, 5.74) is 7.15. The van der Waals surface area contributed by atoms with Crippen LogP contribution in [0.25, 0.3) is 0 Å². The molecule has 178 valence electrons. The van der Waals surface area contributed by atoms with E-state index in [0.29, 0.717) is 5.56 Å². The Hall–Kier alpha value is -2.68. The lowest BCUT2D eigenvalue weighted by Crippen LogP contribution is -2.30. The number of hydrogen-bond donors (Lipinski definition) is 3. The molecule has 1 heterocycles. The van der Waals surface area contributed by atoms with E-state index in [1.807, 2.05) is 19.1 Å². The predicted octanol–water partition coefficient (Wildman–Crippen LogP) is 3.74. The Labute approximate surface area is 195 Å². The summed E-state index contributed by atoms with van der Waals surface area (Å²) >= 11 is 0. The zero-order valence-corrected chi connectivity index (χ0v) is 20.3. The van der Waals surface area contributed by atoms with Crippen molar-refractivity contribution >= 4 is 16.0 Å². The molecule has 33 heavy (non-hydrogen) atoms. The Bertz CT molecular complexity index is 1100. The summed E-state index contributed by atoms with van der Waals surface area (Å²) in [4.78, 5) is 17.7. The summed E-state index contributed by atoms with van der Waals surface area (Å²) in [5, 5.41) is 2.50. The lowest BCUT2D eigenvalue weighted by molar-refractivity contribution is 0.0956. The van der Waals surface area contributed by atoms with Gasteiger partial charge in [0.25, 0.3) is 16.0 Å². The molecule has 1 aliphatic rings. The minimum atomic E-state index is -4.11. The van der Waals surface area contributed by atoms with Crippen LogP contribution in [-0.4, -0.2) is 37.2 Å². The third kappa shape index (κ3) is 7.15. The number of carbonyl (C=O) groups is 1. The van der Waals surface area contributed by atoms with Crippen molar-refractivity contribution in [3.05, 3.63) is 82.6 Å². The number of amides is 1. The average Bonchev–Trinajstić information content (AvgIpc) is 3.17. The first-order valence-electron chi connectivity index (χ1n) is 11.0. The van der Waals surface area contributed by atoms with Crippen LogP contribution in [0.4, 0.5) is 0 Å². The standard InChI is InChI=1S/C25H32N2O5S/c1-17-15-23(27-32-17)22(19-9-11-21(12-10-19)25(2,3)4)16-18-5-7-20(8-6-18)24(28)26-13-14-33(29,30)31/h5-12,15,22-23,27H,13-14,16H2,1-4H3,(H,26,28)(H,29,30,31). The predicted molar refractivity (Wildman–Crippen MR) is 129 cm³/mol. The van der Waals surface area contributed by atoms with Crippen LogP contribution in [0, 0.1) is 0 Å². The third-order valence-corrected chi connectivity index (χ3v) is 6.45.